The molecule has 0 aliphatic rings. The van der Waals surface area contributed by atoms with Crippen molar-refractivity contribution in [3.8, 4) is 5.75 Å². The molecule has 0 atom stereocenters. The van der Waals surface area contributed by atoms with E-state index in [1.54, 1.807) is 13.4 Å². The monoisotopic (exact) mass is 280 g/mol. The minimum atomic E-state index is 0.380. The average Bonchev–Trinajstić information content (AvgIpc) is 2.27. The molecule has 0 bridgehead atoms. The third-order valence-electron chi connectivity index (χ3n) is 2.49. The Morgan fingerprint density at radius 3 is 2.62 bits per heavy atom. The van der Waals surface area contributed by atoms with Crippen LogP contribution >= 0.6 is 15.9 Å². The molecule has 16 heavy (non-hydrogen) atoms. The highest BCUT2D eigenvalue weighted by Gasteiger charge is 2.10. The maximum Gasteiger partial charge on any atom is 0.135 e. The molecule has 0 fully saturated rings. The lowest BCUT2D eigenvalue weighted by molar-refractivity contribution is 0.412. The molecule has 1 aromatic carbocycles. The van der Waals surface area contributed by atoms with Gasteiger partial charge in [0.25, 0.3) is 0 Å². The predicted molar refractivity (Wildman–Crippen MR) is 67.9 cm³/mol. The molecule has 3 nitrogen and oxygen atoms in total. The van der Waals surface area contributed by atoms with E-state index in [0.29, 0.717) is 5.92 Å². The van der Waals surface area contributed by atoms with Crippen LogP contribution in [-0.4, -0.2) is 17.1 Å². The summed E-state index contributed by atoms with van der Waals surface area (Å²) in [6.45, 7) is 4.25. The van der Waals surface area contributed by atoms with Crippen LogP contribution < -0.4 is 4.74 Å². The first-order valence-corrected chi connectivity index (χ1v) is 5.91. The summed E-state index contributed by atoms with van der Waals surface area (Å²) in [4.78, 5) is 8.59. The van der Waals surface area contributed by atoms with Crippen molar-refractivity contribution in [1.82, 2.24) is 9.97 Å². The van der Waals surface area contributed by atoms with Gasteiger partial charge >= 0.3 is 0 Å². The zero-order chi connectivity index (χ0) is 11.7. The van der Waals surface area contributed by atoms with Crippen LogP contribution in [0.2, 0.25) is 0 Å². The number of halogens is 1. The molecule has 0 saturated carbocycles. The van der Waals surface area contributed by atoms with E-state index in [1.807, 2.05) is 12.1 Å². The minimum absolute atomic E-state index is 0.380. The van der Waals surface area contributed by atoms with Crippen molar-refractivity contribution in [3.63, 3.8) is 0 Å². The summed E-state index contributed by atoms with van der Waals surface area (Å²) in [6.07, 6.45) is 1.60. The van der Waals surface area contributed by atoms with Crippen LogP contribution in [0.25, 0.3) is 10.9 Å². The molecule has 0 saturated heterocycles. The molecule has 0 aliphatic carbocycles. The molecule has 0 radical (unpaired) electrons. The molecule has 84 valence electrons. The van der Waals surface area contributed by atoms with Crippen LogP contribution in [0.1, 0.15) is 25.5 Å². The van der Waals surface area contributed by atoms with Gasteiger partial charge in [-0.15, -0.1) is 0 Å². The Labute approximate surface area is 103 Å². The Morgan fingerprint density at radius 2 is 2.00 bits per heavy atom. The van der Waals surface area contributed by atoms with Crippen LogP contribution in [0.15, 0.2) is 22.9 Å². The molecule has 0 unspecified atom stereocenters. The number of nitrogens with zero attached hydrogens (tertiary/aromatic N) is 2. The normalized spacial score (nSPS) is 11.1. The van der Waals surface area contributed by atoms with Gasteiger partial charge in [0.15, 0.2) is 0 Å². The van der Waals surface area contributed by atoms with Gasteiger partial charge in [0.1, 0.15) is 12.1 Å². The molecule has 0 aliphatic heterocycles. The van der Waals surface area contributed by atoms with Crippen LogP contribution in [0, 0.1) is 0 Å². The maximum absolute atomic E-state index is 5.25. The van der Waals surface area contributed by atoms with Crippen LogP contribution in [0.4, 0.5) is 0 Å². The fourth-order valence-corrected chi connectivity index (χ4v) is 2.20. The molecular formula is C12H13BrN2O. The second-order valence-electron chi connectivity index (χ2n) is 3.92. The van der Waals surface area contributed by atoms with E-state index in [0.717, 1.165) is 26.8 Å². The zero-order valence-corrected chi connectivity index (χ0v) is 11.1. The van der Waals surface area contributed by atoms with Gasteiger partial charge in [0.2, 0.25) is 0 Å². The van der Waals surface area contributed by atoms with Crippen molar-refractivity contribution in [2.75, 3.05) is 7.11 Å². The Balaban J connectivity index is 2.74. The Morgan fingerprint density at radius 1 is 1.25 bits per heavy atom. The first kappa shape index (κ1) is 11.3. The summed E-state index contributed by atoms with van der Waals surface area (Å²) in [7, 11) is 1.65. The smallest absolute Gasteiger partial charge is 0.135 e. The summed E-state index contributed by atoms with van der Waals surface area (Å²) in [5.74, 6) is 1.17. The highest BCUT2D eigenvalue weighted by molar-refractivity contribution is 9.10. The largest absolute Gasteiger partial charge is 0.495 e. The van der Waals surface area contributed by atoms with Crippen LogP contribution in [0.5, 0.6) is 5.75 Å². The number of aromatic nitrogens is 2. The molecule has 1 aromatic heterocycles. The van der Waals surface area contributed by atoms with Crippen molar-refractivity contribution >= 4 is 26.8 Å². The SMILES string of the molecule is COc1cc2ncnc(C(C)C)c2cc1Br. The maximum atomic E-state index is 5.25. The van der Waals surface area contributed by atoms with E-state index in [9.17, 15) is 0 Å². The molecule has 0 N–H and O–H groups in total. The number of fused-ring (bicyclic) bond motifs is 1. The molecular weight excluding hydrogens is 268 g/mol. The summed E-state index contributed by atoms with van der Waals surface area (Å²) in [5.41, 5.74) is 1.98. The van der Waals surface area contributed by atoms with Crippen molar-refractivity contribution < 1.29 is 4.74 Å². The van der Waals surface area contributed by atoms with Crippen molar-refractivity contribution in [2.24, 2.45) is 0 Å². The molecule has 0 spiro atoms. The molecule has 4 heteroatoms. The third-order valence-corrected chi connectivity index (χ3v) is 3.11. The molecule has 2 aromatic rings. The summed E-state index contributed by atoms with van der Waals surface area (Å²) < 4.78 is 6.18. The fraction of sp³-hybridized carbons (Fsp3) is 0.333. The lowest BCUT2D eigenvalue weighted by atomic mass is 10.0. The van der Waals surface area contributed by atoms with Crippen LogP contribution in [-0.2, 0) is 0 Å². The van der Waals surface area contributed by atoms with E-state index in [1.165, 1.54) is 0 Å². The average molecular weight is 281 g/mol. The minimum Gasteiger partial charge on any atom is -0.495 e. The predicted octanol–water partition coefficient (Wildman–Crippen LogP) is 3.52. The Hall–Kier alpha value is -1.16. The van der Waals surface area contributed by atoms with E-state index < -0.39 is 0 Å². The van der Waals surface area contributed by atoms with Gasteiger partial charge in [0, 0.05) is 11.5 Å². The second-order valence-corrected chi connectivity index (χ2v) is 4.77. The van der Waals surface area contributed by atoms with Gasteiger partial charge in [0.05, 0.1) is 22.8 Å². The Bertz CT molecular complexity index is 526. The molecule has 2 rings (SSSR count). The number of hydrogen-bond donors (Lipinski definition) is 0. The van der Waals surface area contributed by atoms with Crippen molar-refractivity contribution in [2.45, 2.75) is 19.8 Å². The summed E-state index contributed by atoms with van der Waals surface area (Å²) in [6, 6.07) is 3.94. The van der Waals surface area contributed by atoms with E-state index in [4.69, 9.17) is 4.74 Å². The summed E-state index contributed by atoms with van der Waals surface area (Å²) in [5, 5.41) is 1.07. The van der Waals surface area contributed by atoms with E-state index in [2.05, 4.69) is 39.7 Å². The number of methoxy groups -OCH3 is 1. The van der Waals surface area contributed by atoms with Gasteiger partial charge < -0.3 is 4.74 Å². The van der Waals surface area contributed by atoms with E-state index >= 15 is 0 Å². The third kappa shape index (κ3) is 1.89. The molecule has 1 heterocycles. The number of hydrogen-bond acceptors (Lipinski definition) is 3. The Kier molecular flexibility index (Phi) is 3.10. The number of ether oxygens (including phenoxy) is 1. The lowest BCUT2D eigenvalue weighted by Gasteiger charge is -2.10. The lowest BCUT2D eigenvalue weighted by Crippen LogP contribution is -1.96. The van der Waals surface area contributed by atoms with Crippen LogP contribution in [0.3, 0.4) is 0 Å². The quantitative estimate of drug-likeness (QED) is 0.844. The fourth-order valence-electron chi connectivity index (χ4n) is 1.69. The summed E-state index contributed by atoms with van der Waals surface area (Å²) >= 11 is 3.48. The van der Waals surface area contributed by atoms with E-state index in [-0.39, 0.29) is 0 Å². The number of rotatable bonds is 2. The van der Waals surface area contributed by atoms with Gasteiger partial charge in [-0.05, 0) is 27.9 Å². The van der Waals surface area contributed by atoms with Gasteiger partial charge in [-0.2, -0.15) is 0 Å². The highest BCUT2D eigenvalue weighted by atomic mass is 79.9. The molecule has 0 amide bonds. The van der Waals surface area contributed by atoms with Crippen molar-refractivity contribution in [1.29, 1.82) is 0 Å². The second kappa shape index (κ2) is 4.37. The first-order valence-electron chi connectivity index (χ1n) is 5.11. The highest BCUT2D eigenvalue weighted by Crippen LogP contribution is 2.31. The zero-order valence-electron chi connectivity index (χ0n) is 9.49. The standard InChI is InChI=1S/C12H13BrN2O/c1-7(2)12-8-4-9(13)11(16-3)5-10(8)14-6-15-12/h4-7H,1-3H3. The van der Waals surface area contributed by atoms with Gasteiger partial charge in [-0.3, -0.25) is 0 Å². The van der Waals surface area contributed by atoms with Crippen molar-refractivity contribution in [3.05, 3.63) is 28.6 Å². The topological polar surface area (TPSA) is 35.0 Å². The van der Waals surface area contributed by atoms with Gasteiger partial charge in [-0.1, -0.05) is 13.8 Å². The van der Waals surface area contributed by atoms with Gasteiger partial charge in [-0.25, -0.2) is 9.97 Å². The first-order chi connectivity index (χ1) is 7.63. The number of benzene rings is 1.